The lowest BCUT2D eigenvalue weighted by atomic mass is 10.1. The molecule has 0 aliphatic heterocycles. The predicted molar refractivity (Wildman–Crippen MR) is 65.6 cm³/mol. The second-order valence-electron chi connectivity index (χ2n) is 3.20. The van der Waals surface area contributed by atoms with Gasteiger partial charge in [0.2, 0.25) is 5.78 Å². The number of carbonyl (C=O) groups excluding carboxylic acids is 1. The number of benzene rings is 1. The highest BCUT2D eigenvalue weighted by atomic mass is 32.1. The van der Waals surface area contributed by atoms with E-state index in [1.165, 1.54) is 0 Å². The Bertz CT molecular complexity index is 441. The van der Waals surface area contributed by atoms with Crippen LogP contribution in [0.15, 0.2) is 35.9 Å². The molecule has 90 valence electrons. The largest absolute Gasteiger partial charge is 0.475 e. The number of anilines is 1. The lowest BCUT2D eigenvalue weighted by Gasteiger charge is -2.07. The average molecular weight is 253 g/mol. The molecular weight excluding hydrogens is 242 g/mol. The van der Waals surface area contributed by atoms with Crippen molar-refractivity contribution in [3.05, 3.63) is 41.5 Å². The Morgan fingerprint density at radius 2 is 1.94 bits per heavy atom. The fourth-order valence-electron chi connectivity index (χ4n) is 1.07. The van der Waals surface area contributed by atoms with E-state index in [1.54, 1.807) is 24.3 Å². The highest BCUT2D eigenvalue weighted by molar-refractivity contribution is 7.84. The molecule has 0 bridgehead atoms. The first kappa shape index (κ1) is 13.1. The van der Waals surface area contributed by atoms with Gasteiger partial charge >= 0.3 is 5.97 Å². The van der Waals surface area contributed by atoms with Gasteiger partial charge in [-0.15, -0.1) is 12.6 Å². The Kier molecular flexibility index (Phi) is 4.59. The number of rotatable bonds is 6. The Morgan fingerprint density at radius 3 is 2.41 bits per heavy atom. The van der Waals surface area contributed by atoms with Crippen LogP contribution in [0.25, 0.3) is 0 Å². The van der Waals surface area contributed by atoms with Gasteiger partial charge in [-0.2, -0.15) is 0 Å². The van der Waals surface area contributed by atoms with Crippen molar-refractivity contribution in [1.82, 2.24) is 0 Å². The summed E-state index contributed by atoms with van der Waals surface area (Å²) in [7, 11) is 0. The lowest BCUT2D eigenvalue weighted by molar-refractivity contribution is -0.148. The van der Waals surface area contributed by atoms with E-state index < -0.39 is 11.8 Å². The summed E-state index contributed by atoms with van der Waals surface area (Å²) < 4.78 is 0. The number of hydrogen-bond donors (Lipinski definition) is 3. The van der Waals surface area contributed by atoms with E-state index in [-0.39, 0.29) is 11.5 Å². The minimum atomic E-state index is -1.43. The van der Waals surface area contributed by atoms with Crippen molar-refractivity contribution >= 4 is 30.1 Å². The summed E-state index contributed by atoms with van der Waals surface area (Å²) >= 11 is 3.83. The zero-order chi connectivity index (χ0) is 12.8. The minimum absolute atomic E-state index is 0.129. The molecule has 6 heteroatoms. The van der Waals surface area contributed by atoms with Crippen molar-refractivity contribution in [3.8, 4) is 0 Å². The van der Waals surface area contributed by atoms with Crippen LogP contribution in [0, 0.1) is 0 Å². The molecule has 2 N–H and O–H groups in total. The van der Waals surface area contributed by atoms with Gasteiger partial charge in [0.05, 0.1) is 5.69 Å². The SMILES string of the molecule is C=C(S)ONc1ccc(CC(=O)C(=O)O)cc1. The maximum absolute atomic E-state index is 11.0. The second-order valence-corrected chi connectivity index (χ2v) is 3.70. The summed E-state index contributed by atoms with van der Waals surface area (Å²) in [5, 5.41) is 8.66. The number of hydrogen-bond acceptors (Lipinski definition) is 5. The molecule has 0 saturated carbocycles. The van der Waals surface area contributed by atoms with Crippen LogP contribution in [0.5, 0.6) is 0 Å². The van der Waals surface area contributed by atoms with Gasteiger partial charge in [-0.05, 0) is 24.3 Å². The molecule has 1 aromatic carbocycles. The number of Topliss-reactive ketones (excluding diaryl/α,β-unsaturated/α-hetero) is 1. The first-order chi connectivity index (χ1) is 7.99. The summed E-state index contributed by atoms with van der Waals surface area (Å²) in [6.45, 7) is 3.42. The number of carboxylic acid groups (broad SMARTS) is 1. The first-order valence-electron chi connectivity index (χ1n) is 4.65. The van der Waals surface area contributed by atoms with E-state index in [9.17, 15) is 9.59 Å². The molecule has 17 heavy (non-hydrogen) atoms. The molecule has 0 aromatic heterocycles. The van der Waals surface area contributed by atoms with Crippen molar-refractivity contribution in [2.45, 2.75) is 6.42 Å². The van der Waals surface area contributed by atoms with E-state index in [2.05, 4.69) is 24.7 Å². The van der Waals surface area contributed by atoms with E-state index in [4.69, 9.17) is 9.94 Å². The Hall–Kier alpha value is -1.95. The zero-order valence-electron chi connectivity index (χ0n) is 8.84. The smallest absolute Gasteiger partial charge is 0.372 e. The van der Waals surface area contributed by atoms with Crippen LogP contribution < -0.4 is 5.48 Å². The van der Waals surface area contributed by atoms with Crippen LogP contribution in [-0.2, 0) is 20.8 Å². The van der Waals surface area contributed by atoms with Crippen LogP contribution in [0.3, 0.4) is 0 Å². The van der Waals surface area contributed by atoms with E-state index in [0.29, 0.717) is 11.3 Å². The Morgan fingerprint density at radius 1 is 1.35 bits per heavy atom. The maximum Gasteiger partial charge on any atom is 0.372 e. The number of nitrogens with one attached hydrogen (secondary N) is 1. The second kappa shape index (κ2) is 5.95. The molecule has 0 aliphatic rings. The summed E-state index contributed by atoms with van der Waals surface area (Å²) in [6, 6.07) is 6.57. The molecule has 0 unspecified atom stereocenters. The minimum Gasteiger partial charge on any atom is -0.475 e. The molecule has 0 spiro atoms. The quantitative estimate of drug-likeness (QED) is 0.311. The molecule has 5 nitrogen and oxygen atoms in total. The molecular formula is C11H11NO4S. The number of ketones is 1. The third-order valence-electron chi connectivity index (χ3n) is 1.84. The monoisotopic (exact) mass is 253 g/mol. The molecule has 0 radical (unpaired) electrons. The fraction of sp³-hybridized carbons (Fsp3) is 0.0909. The van der Waals surface area contributed by atoms with E-state index in [0.717, 1.165) is 0 Å². The standard InChI is InChI=1S/C11H11NO4S/c1-7(17)16-12-9-4-2-8(3-5-9)6-10(13)11(14)15/h2-5,12,17H,1,6H2,(H,14,15). The van der Waals surface area contributed by atoms with Gasteiger partial charge in [0, 0.05) is 6.42 Å². The fourth-order valence-corrected chi connectivity index (χ4v) is 1.12. The van der Waals surface area contributed by atoms with Crippen molar-refractivity contribution < 1.29 is 19.5 Å². The van der Waals surface area contributed by atoms with Gasteiger partial charge in [-0.25, -0.2) is 10.3 Å². The Labute approximate surface area is 103 Å². The Balaban J connectivity index is 2.58. The van der Waals surface area contributed by atoms with Gasteiger partial charge < -0.3 is 9.94 Å². The number of thiol groups is 1. The maximum atomic E-state index is 11.0. The third-order valence-corrected chi connectivity index (χ3v) is 1.94. The van der Waals surface area contributed by atoms with Crippen molar-refractivity contribution in [2.75, 3.05) is 5.48 Å². The number of aliphatic carboxylic acids is 1. The van der Waals surface area contributed by atoms with Crippen LogP contribution in [0.2, 0.25) is 0 Å². The average Bonchev–Trinajstić information content (AvgIpc) is 2.28. The van der Waals surface area contributed by atoms with Crippen LogP contribution in [-0.4, -0.2) is 16.9 Å². The topological polar surface area (TPSA) is 75.6 Å². The van der Waals surface area contributed by atoms with Crippen molar-refractivity contribution in [2.24, 2.45) is 0 Å². The van der Waals surface area contributed by atoms with E-state index in [1.807, 2.05) is 0 Å². The van der Waals surface area contributed by atoms with Crippen molar-refractivity contribution in [3.63, 3.8) is 0 Å². The lowest BCUT2D eigenvalue weighted by Crippen LogP contribution is -2.14. The third kappa shape index (κ3) is 4.60. The highest BCUT2D eigenvalue weighted by Crippen LogP contribution is 2.11. The van der Waals surface area contributed by atoms with Gasteiger partial charge in [0.1, 0.15) is 0 Å². The molecule has 0 saturated heterocycles. The van der Waals surface area contributed by atoms with Crippen LogP contribution >= 0.6 is 12.6 Å². The molecule has 0 atom stereocenters. The molecule has 1 aromatic rings. The summed E-state index contributed by atoms with van der Waals surface area (Å²) in [5.41, 5.74) is 3.83. The molecule has 1 rings (SSSR count). The highest BCUT2D eigenvalue weighted by Gasteiger charge is 2.11. The van der Waals surface area contributed by atoms with Gasteiger partial charge in [-0.1, -0.05) is 12.1 Å². The zero-order valence-corrected chi connectivity index (χ0v) is 9.74. The number of carbonyl (C=O) groups is 2. The van der Waals surface area contributed by atoms with E-state index >= 15 is 0 Å². The number of carboxylic acids is 1. The molecule has 0 heterocycles. The first-order valence-corrected chi connectivity index (χ1v) is 5.09. The summed E-state index contributed by atoms with van der Waals surface area (Å²) in [5.74, 6) is -2.27. The molecule has 0 fully saturated rings. The van der Waals surface area contributed by atoms with Gasteiger partial charge in [-0.3, -0.25) is 4.79 Å². The predicted octanol–water partition coefficient (Wildman–Crippen LogP) is 1.63. The van der Waals surface area contributed by atoms with Crippen molar-refractivity contribution in [1.29, 1.82) is 0 Å². The summed E-state index contributed by atoms with van der Waals surface area (Å²) in [6.07, 6.45) is -0.129. The molecule has 0 aliphatic carbocycles. The summed E-state index contributed by atoms with van der Waals surface area (Å²) in [4.78, 5) is 26.1. The van der Waals surface area contributed by atoms with Crippen LogP contribution in [0.4, 0.5) is 5.69 Å². The molecule has 0 amide bonds. The van der Waals surface area contributed by atoms with Gasteiger partial charge in [0.25, 0.3) is 0 Å². The van der Waals surface area contributed by atoms with Gasteiger partial charge in [0.15, 0.2) is 5.09 Å². The van der Waals surface area contributed by atoms with Crippen LogP contribution in [0.1, 0.15) is 5.56 Å². The normalized spacial score (nSPS) is 9.47.